The Morgan fingerprint density at radius 3 is 1.32 bits per heavy atom. The third-order valence-corrected chi connectivity index (χ3v) is 9.01. The molecule has 1 nitrogen and oxygen atoms in total. The third kappa shape index (κ3) is 3.04. The van der Waals surface area contributed by atoms with Crippen molar-refractivity contribution in [3.63, 3.8) is 0 Å². The molecule has 1 heterocycles. The van der Waals surface area contributed by atoms with Gasteiger partial charge in [-0.3, -0.25) is 0 Å². The largest absolute Gasteiger partial charge is 0.362 e. The molecule has 0 saturated carbocycles. The summed E-state index contributed by atoms with van der Waals surface area (Å²) in [6.07, 6.45) is 3.02. The Bertz CT molecular complexity index is 804. The van der Waals surface area contributed by atoms with Crippen LogP contribution in [0.15, 0.2) is 109 Å². The zero-order chi connectivity index (χ0) is 17.0. The summed E-state index contributed by atoms with van der Waals surface area (Å²) in [5.74, 6) is 0. The fourth-order valence-electron chi connectivity index (χ4n) is 3.49. The quantitative estimate of drug-likeness (QED) is 0.514. The molecule has 0 spiro atoms. The molecular weight excluding hydrogens is 321 g/mol. The van der Waals surface area contributed by atoms with Crippen LogP contribution in [0.1, 0.15) is 5.69 Å². The van der Waals surface area contributed by atoms with Crippen LogP contribution in [0.4, 0.5) is 0 Å². The van der Waals surface area contributed by atoms with Crippen molar-refractivity contribution in [3.05, 3.63) is 115 Å². The van der Waals surface area contributed by atoms with Crippen LogP contribution in [0.3, 0.4) is 0 Å². The van der Waals surface area contributed by atoms with E-state index in [0.717, 1.165) is 6.16 Å². The van der Waals surface area contributed by atoms with Gasteiger partial charge in [0, 0.05) is 6.20 Å². The second kappa shape index (κ2) is 7.09. The van der Waals surface area contributed by atoms with E-state index in [9.17, 15) is 0 Å². The number of aromatic nitrogens is 1. The minimum Gasteiger partial charge on any atom is -0.362 e. The average molecular weight is 342 g/mol. The molecule has 0 radical (unpaired) electrons. The first kappa shape index (κ1) is 15.9. The summed E-state index contributed by atoms with van der Waals surface area (Å²) >= 11 is 0. The fourth-order valence-corrected chi connectivity index (χ4v) is 7.68. The maximum absolute atomic E-state index is 3.43. The summed E-state index contributed by atoms with van der Waals surface area (Å²) in [6.45, 7) is 0. The van der Waals surface area contributed by atoms with Gasteiger partial charge in [-0.15, -0.1) is 0 Å². The predicted molar refractivity (Wildman–Crippen MR) is 110 cm³/mol. The molecule has 0 bridgehead atoms. The summed E-state index contributed by atoms with van der Waals surface area (Å²) in [7, 11) is -1.77. The van der Waals surface area contributed by atoms with Crippen LogP contribution in [0.25, 0.3) is 0 Å². The van der Waals surface area contributed by atoms with Crippen molar-refractivity contribution in [1.29, 1.82) is 0 Å². The van der Waals surface area contributed by atoms with Crippen LogP contribution in [0.5, 0.6) is 0 Å². The Hall–Kier alpha value is -2.63. The molecule has 0 amide bonds. The lowest BCUT2D eigenvalue weighted by Gasteiger charge is -2.27. The van der Waals surface area contributed by atoms with Gasteiger partial charge in [0.15, 0.2) is 0 Å². The van der Waals surface area contributed by atoms with Gasteiger partial charge in [-0.2, -0.15) is 0 Å². The standard InChI is InChI=1S/C23H21NP/c1-4-12-21(13-5-1)25(19-20-11-10-18-24-20,22-14-6-2-7-15-22)23-16-8-3-9-17-23/h1-18,24H,19H2/q+1. The number of hydrogen-bond acceptors (Lipinski definition) is 0. The monoisotopic (exact) mass is 342 g/mol. The van der Waals surface area contributed by atoms with Gasteiger partial charge in [-0.05, 0) is 48.5 Å². The Balaban J connectivity index is 2.01. The Morgan fingerprint density at radius 1 is 0.520 bits per heavy atom. The van der Waals surface area contributed by atoms with Gasteiger partial charge in [0.25, 0.3) is 0 Å². The van der Waals surface area contributed by atoms with Crippen molar-refractivity contribution in [1.82, 2.24) is 4.98 Å². The van der Waals surface area contributed by atoms with Crippen molar-refractivity contribution < 1.29 is 0 Å². The third-order valence-electron chi connectivity index (χ3n) is 4.66. The van der Waals surface area contributed by atoms with Gasteiger partial charge in [-0.25, -0.2) is 0 Å². The number of aromatic amines is 1. The van der Waals surface area contributed by atoms with E-state index >= 15 is 0 Å². The summed E-state index contributed by atoms with van der Waals surface area (Å²) in [5, 5.41) is 4.26. The van der Waals surface area contributed by atoms with Gasteiger partial charge in [0.1, 0.15) is 29.3 Å². The first-order chi connectivity index (χ1) is 12.4. The average Bonchev–Trinajstić information content (AvgIpc) is 3.21. The van der Waals surface area contributed by atoms with Crippen molar-refractivity contribution in [3.8, 4) is 0 Å². The lowest BCUT2D eigenvalue weighted by atomic mass is 10.4. The predicted octanol–water partition coefficient (Wildman–Crippen LogP) is 4.51. The highest BCUT2D eigenvalue weighted by molar-refractivity contribution is 7.95. The van der Waals surface area contributed by atoms with Crippen LogP contribution >= 0.6 is 7.26 Å². The summed E-state index contributed by atoms with van der Waals surface area (Å²) in [5.41, 5.74) is 1.28. The molecule has 0 saturated heterocycles. The smallest absolute Gasteiger partial charge is 0.118 e. The summed E-state index contributed by atoms with van der Waals surface area (Å²) in [4.78, 5) is 3.43. The SMILES string of the molecule is c1ccc([P+](Cc2ccc[nH]2)(c2ccccc2)c2ccccc2)cc1. The molecular formula is C23H21NP+. The molecule has 4 rings (SSSR count). The van der Waals surface area contributed by atoms with E-state index in [0.29, 0.717) is 0 Å². The highest BCUT2D eigenvalue weighted by Crippen LogP contribution is 2.57. The van der Waals surface area contributed by atoms with E-state index in [1.807, 2.05) is 6.20 Å². The fraction of sp³-hybridized carbons (Fsp3) is 0.0435. The molecule has 0 atom stereocenters. The van der Waals surface area contributed by atoms with Gasteiger partial charge in [0.2, 0.25) is 0 Å². The van der Waals surface area contributed by atoms with Crippen LogP contribution in [-0.2, 0) is 6.16 Å². The van der Waals surface area contributed by atoms with Crippen molar-refractivity contribution in [2.45, 2.75) is 6.16 Å². The van der Waals surface area contributed by atoms with Crippen LogP contribution in [0.2, 0.25) is 0 Å². The van der Waals surface area contributed by atoms with E-state index < -0.39 is 7.26 Å². The molecule has 0 unspecified atom stereocenters. The maximum atomic E-state index is 3.43. The van der Waals surface area contributed by atoms with Gasteiger partial charge in [-0.1, -0.05) is 54.6 Å². The number of rotatable bonds is 5. The molecule has 3 aromatic carbocycles. The molecule has 122 valence electrons. The zero-order valence-electron chi connectivity index (χ0n) is 14.0. The molecule has 25 heavy (non-hydrogen) atoms. The first-order valence-corrected chi connectivity index (χ1v) is 10.5. The minimum absolute atomic E-state index is 0.998. The minimum atomic E-state index is -1.77. The highest BCUT2D eigenvalue weighted by atomic mass is 31.2. The van der Waals surface area contributed by atoms with Crippen LogP contribution in [0, 0.1) is 0 Å². The maximum Gasteiger partial charge on any atom is 0.118 e. The second-order valence-corrected chi connectivity index (χ2v) is 9.65. The van der Waals surface area contributed by atoms with Crippen LogP contribution in [-0.4, -0.2) is 4.98 Å². The van der Waals surface area contributed by atoms with Gasteiger partial charge in [0.05, 0.1) is 5.69 Å². The molecule has 4 aromatic rings. The molecule has 0 fully saturated rings. The van der Waals surface area contributed by atoms with E-state index in [-0.39, 0.29) is 0 Å². The highest BCUT2D eigenvalue weighted by Gasteiger charge is 2.45. The van der Waals surface area contributed by atoms with E-state index in [4.69, 9.17) is 0 Å². The molecule has 0 aliphatic rings. The second-order valence-electron chi connectivity index (χ2n) is 6.17. The van der Waals surface area contributed by atoms with E-state index in [1.54, 1.807) is 0 Å². The van der Waals surface area contributed by atoms with Crippen molar-refractivity contribution in [2.24, 2.45) is 0 Å². The van der Waals surface area contributed by atoms with Crippen molar-refractivity contribution >= 4 is 23.2 Å². The van der Waals surface area contributed by atoms with Crippen LogP contribution < -0.4 is 15.9 Å². The van der Waals surface area contributed by atoms with E-state index in [2.05, 4.69) is 108 Å². The normalized spacial score (nSPS) is 11.4. The zero-order valence-corrected chi connectivity index (χ0v) is 14.9. The lowest BCUT2D eigenvalue weighted by Crippen LogP contribution is -2.32. The Labute approximate surface area is 149 Å². The topological polar surface area (TPSA) is 15.8 Å². The summed E-state index contributed by atoms with van der Waals surface area (Å²) in [6, 6.07) is 37.3. The Morgan fingerprint density at radius 2 is 0.960 bits per heavy atom. The molecule has 1 aromatic heterocycles. The van der Waals surface area contributed by atoms with E-state index in [1.165, 1.54) is 21.6 Å². The molecule has 2 heteroatoms. The number of hydrogen-bond donors (Lipinski definition) is 1. The van der Waals surface area contributed by atoms with Crippen molar-refractivity contribution in [2.75, 3.05) is 0 Å². The summed E-state index contributed by atoms with van der Waals surface area (Å²) < 4.78 is 0. The molecule has 0 aliphatic heterocycles. The van der Waals surface area contributed by atoms with Gasteiger partial charge >= 0.3 is 0 Å². The number of H-pyrrole nitrogens is 1. The van der Waals surface area contributed by atoms with Gasteiger partial charge < -0.3 is 4.98 Å². The molecule has 1 N–H and O–H groups in total. The number of benzene rings is 3. The first-order valence-electron chi connectivity index (χ1n) is 8.57. The lowest BCUT2D eigenvalue weighted by molar-refractivity contribution is 1.22. The Kier molecular flexibility index (Phi) is 4.50. The molecule has 0 aliphatic carbocycles. The number of nitrogens with one attached hydrogen (secondary N) is 1.